The number of rotatable bonds is 7. The van der Waals surface area contributed by atoms with Crippen LogP contribution in [0.15, 0.2) is 36.4 Å². The number of carbonyl (C=O) groups excluding carboxylic acids is 1. The first kappa shape index (κ1) is 18.5. The Labute approximate surface area is 144 Å². The van der Waals surface area contributed by atoms with Gasteiger partial charge in [0.05, 0.1) is 6.61 Å². The van der Waals surface area contributed by atoms with Crippen molar-refractivity contribution in [3.8, 4) is 11.5 Å². The Morgan fingerprint density at radius 3 is 2.64 bits per heavy atom. The Bertz CT molecular complexity index is 751. The van der Waals surface area contributed by atoms with Gasteiger partial charge in [-0.05, 0) is 49.2 Å². The first-order valence-electron chi connectivity index (χ1n) is 7.75. The minimum absolute atomic E-state index is 0.0430. The van der Waals surface area contributed by atoms with E-state index >= 15 is 0 Å². The molecule has 25 heavy (non-hydrogen) atoms. The molecule has 2 rings (SSSR count). The van der Waals surface area contributed by atoms with Gasteiger partial charge in [-0.25, -0.2) is 0 Å². The first-order chi connectivity index (χ1) is 11.9. The van der Waals surface area contributed by atoms with Crippen LogP contribution in [0, 0.1) is 6.92 Å². The number of aryl methyl sites for hydroxylation is 1. The van der Waals surface area contributed by atoms with E-state index in [0.29, 0.717) is 23.4 Å². The number of hydrogen-bond donors (Lipinski definition) is 2. The van der Waals surface area contributed by atoms with Gasteiger partial charge in [0.15, 0.2) is 11.5 Å². The predicted molar refractivity (Wildman–Crippen MR) is 91.0 cm³/mol. The molecule has 0 atom stereocenters. The van der Waals surface area contributed by atoms with Crippen molar-refractivity contribution in [3.05, 3.63) is 53.1 Å². The zero-order chi connectivity index (χ0) is 18.4. The fourth-order valence-electron chi connectivity index (χ4n) is 2.29. The maximum Gasteiger partial charge on any atom is 0.387 e. The summed E-state index contributed by atoms with van der Waals surface area (Å²) in [7, 11) is 0. The number of ether oxygens (including phenoxy) is 2. The Morgan fingerprint density at radius 1 is 1.20 bits per heavy atom. The molecule has 0 spiro atoms. The number of nitrogen functional groups attached to an aromatic ring is 1. The van der Waals surface area contributed by atoms with Gasteiger partial charge in [-0.3, -0.25) is 4.79 Å². The number of halogens is 2. The van der Waals surface area contributed by atoms with Gasteiger partial charge in [-0.15, -0.1) is 0 Å². The highest BCUT2D eigenvalue weighted by molar-refractivity contribution is 5.96. The van der Waals surface area contributed by atoms with Crippen molar-refractivity contribution in [2.45, 2.75) is 27.0 Å². The summed E-state index contributed by atoms with van der Waals surface area (Å²) in [5.74, 6) is -0.107. The molecule has 0 unspecified atom stereocenters. The summed E-state index contributed by atoms with van der Waals surface area (Å²) in [6.07, 6.45) is 0. The standard InChI is InChI=1S/C18H20F2N2O3/c1-3-24-16-8-12(5-7-15(16)25-18(19)20)10-22-17(23)14-9-13(21)6-4-11(14)2/h4-9,18H,3,10,21H2,1-2H3,(H,22,23). The molecular formula is C18H20F2N2O3. The van der Waals surface area contributed by atoms with E-state index in [1.54, 1.807) is 37.3 Å². The first-order valence-corrected chi connectivity index (χ1v) is 7.75. The normalized spacial score (nSPS) is 10.6. The predicted octanol–water partition coefficient (Wildman–Crippen LogP) is 3.51. The molecule has 2 aromatic carbocycles. The van der Waals surface area contributed by atoms with Crippen molar-refractivity contribution >= 4 is 11.6 Å². The van der Waals surface area contributed by atoms with E-state index in [-0.39, 0.29) is 24.0 Å². The van der Waals surface area contributed by atoms with E-state index in [1.165, 1.54) is 6.07 Å². The molecule has 0 fully saturated rings. The lowest BCUT2D eigenvalue weighted by atomic mass is 10.1. The molecule has 5 nitrogen and oxygen atoms in total. The number of benzene rings is 2. The molecule has 0 aliphatic rings. The molecule has 0 saturated carbocycles. The summed E-state index contributed by atoms with van der Waals surface area (Å²) in [6.45, 7) is 1.14. The number of carbonyl (C=O) groups is 1. The third-order valence-electron chi connectivity index (χ3n) is 3.48. The Morgan fingerprint density at radius 2 is 1.96 bits per heavy atom. The summed E-state index contributed by atoms with van der Waals surface area (Å²) in [5.41, 5.74) is 8.20. The van der Waals surface area contributed by atoms with Crippen molar-refractivity contribution in [1.29, 1.82) is 0 Å². The number of nitrogens with one attached hydrogen (secondary N) is 1. The molecule has 0 bridgehead atoms. The Hall–Kier alpha value is -2.83. The third kappa shape index (κ3) is 5.07. The van der Waals surface area contributed by atoms with Crippen molar-refractivity contribution in [2.75, 3.05) is 12.3 Å². The summed E-state index contributed by atoms with van der Waals surface area (Å²) in [5, 5.41) is 2.77. The number of nitrogens with two attached hydrogens (primary N) is 1. The van der Waals surface area contributed by atoms with Crippen LogP contribution in [-0.4, -0.2) is 19.1 Å². The lowest BCUT2D eigenvalue weighted by molar-refractivity contribution is -0.0514. The van der Waals surface area contributed by atoms with Crippen molar-refractivity contribution in [3.63, 3.8) is 0 Å². The maximum atomic E-state index is 12.4. The summed E-state index contributed by atoms with van der Waals surface area (Å²) >= 11 is 0. The second kappa shape index (κ2) is 8.32. The van der Waals surface area contributed by atoms with Crippen LogP contribution in [0.5, 0.6) is 11.5 Å². The highest BCUT2D eigenvalue weighted by Gasteiger charge is 2.13. The second-order valence-electron chi connectivity index (χ2n) is 5.35. The summed E-state index contributed by atoms with van der Waals surface area (Å²) < 4.78 is 34.6. The topological polar surface area (TPSA) is 73.6 Å². The van der Waals surface area contributed by atoms with E-state index in [1.807, 2.05) is 6.92 Å². The molecule has 0 saturated heterocycles. The van der Waals surface area contributed by atoms with Gasteiger partial charge in [0.2, 0.25) is 0 Å². The number of hydrogen-bond acceptors (Lipinski definition) is 4. The van der Waals surface area contributed by atoms with Crippen molar-refractivity contribution in [2.24, 2.45) is 0 Å². The molecule has 0 radical (unpaired) electrons. The van der Waals surface area contributed by atoms with Crippen LogP contribution in [0.25, 0.3) is 0 Å². The van der Waals surface area contributed by atoms with E-state index < -0.39 is 6.61 Å². The molecule has 134 valence electrons. The number of amides is 1. The van der Waals surface area contributed by atoms with E-state index in [9.17, 15) is 13.6 Å². The zero-order valence-electron chi connectivity index (χ0n) is 14.0. The number of anilines is 1. The molecule has 2 aromatic rings. The fourth-order valence-corrected chi connectivity index (χ4v) is 2.29. The third-order valence-corrected chi connectivity index (χ3v) is 3.48. The highest BCUT2D eigenvalue weighted by Crippen LogP contribution is 2.30. The monoisotopic (exact) mass is 350 g/mol. The quantitative estimate of drug-likeness (QED) is 0.750. The summed E-state index contributed by atoms with van der Waals surface area (Å²) in [4.78, 5) is 12.3. The number of alkyl halides is 2. The minimum Gasteiger partial charge on any atom is -0.490 e. The van der Waals surface area contributed by atoms with Crippen LogP contribution >= 0.6 is 0 Å². The average molecular weight is 350 g/mol. The van der Waals surface area contributed by atoms with E-state index in [4.69, 9.17) is 10.5 Å². The Kier molecular flexibility index (Phi) is 6.16. The SMILES string of the molecule is CCOc1cc(CNC(=O)c2cc(N)ccc2C)ccc1OC(F)F. The van der Waals surface area contributed by atoms with Gasteiger partial charge < -0.3 is 20.5 Å². The smallest absolute Gasteiger partial charge is 0.387 e. The van der Waals surface area contributed by atoms with Gasteiger partial charge in [0.25, 0.3) is 5.91 Å². The largest absolute Gasteiger partial charge is 0.490 e. The van der Waals surface area contributed by atoms with Crippen LogP contribution < -0.4 is 20.5 Å². The van der Waals surface area contributed by atoms with E-state index in [2.05, 4.69) is 10.1 Å². The molecule has 7 heteroatoms. The van der Waals surface area contributed by atoms with E-state index in [0.717, 1.165) is 5.56 Å². The van der Waals surface area contributed by atoms with Gasteiger partial charge >= 0.3 is 6.61 Å². The van der Waals surface area contributed by atoms with Crippen LogP contribution in [0.2, 0.25) is 0 Å². The average Bonchev–Trinajstić information content (AvgIpc) is 2.56. The zero-order valence-corrected chi connectivity index (χ0v) is 14.0. The van der Waals surface area contributed by atoms with Crippen molar-refractivity contribution < 1.29 is 23.0 Å². The van der Waals surface area contributed by atoms with Crippen LogP contribution in [0.4, 0.5) is 14.5 Å². The van der Waals surface area contributed by atoms with Crippen LogP contribution in [0.1, 0.15) is 28.4 Å². The molecule has 0 aliphatic heterocycles. The van der Waals surface area contributed by atoms with Gasteiger partial charge in [0, 0.05) is 17.8 Å². The Balaban J connectivity index is 2.10. The van der Waals surface area contributed by atoms with Crippen LogP contribution in [-0.2, 0) is 6.54 Å². The molecular weight excluding hydrogens is 330 g/mol. The molecule has 3 N–H and O–H groups in total. The molecule has 1 amide bonds. The minimum atomic E-state index is -2.93. The van der Waals surface area contributed by atoms with Gasteiger partial charge in [-0.1, -0.05) is 12.1 Å². The molecule has 0 heterocycles. The maximum absolute atomic E-state index is 12.4. The second-order valence-corrected chi connectivity index (χ2v) is 5.35. The highest BCUT2D eigenvalue weighted by atomic mass is 19.3. The van der Waals surface area contributed by atoms with Crippen molar-refractivity contribution in [1.82, 2.24) is 5.32 Å². The molecule has 0 aliphatic carbocycles. The summed E-state index contributed by atoms with van der Waals surface area (Å²) in [6, 6.07) is 9.65. The van der Waals surface area contributed by atoms with Gasteiger partial charge in [0.1, 0.15) is 0 Å². The lowest BCUT2D eigenvalue weighted by Gasteiger charge is -2.13. The van der Waals surface area contributed by atoms with Crippen LogP contribution in [0.3, 0.4) is 0 Å². The van der Waals surface area contributed by atoms with Gasteiger partial charge in [-0.2, -0.15) is 8.78 Å². The lowest BCUT2D eigenvalue weighted by Crippen LogP contribution is -2.23. The fraction of sp³-hybridized carbons (Fsp3) is 0.278. The molecule has 0 aromatic heterocycles.